The Labute approximate surface area is 186 Å². The van der Waals surface area contributed by atoms with Gasteiger partial charge in [0.1, 0.15) is 18.2 Å². The number of carbonyl (C=O) groups is 2. The molecule has 2 amide bonds. The fourth-order valence-electron chi connectivity index (χ4n) is 3.58. The van der Waals surface area contributed by atoms with Crippen LogP contribution in [0.4, 0.5) is 17.2 Å². The smallest absolute Gasteiger partial charge is 0.255 e. The summed E-state index contributed by atoms with van der Waals surface area (Å²) < 4.78 is 5.20. The third kappa shape index (κ3) is 5.09. The van der Waals surface area contributed by atoms with Crippen LogP contribution in [0.25, 0.3) is 0 Å². The number of aryl methyl sites for hydroxylation is 2. The Hall–Kier alpha value is -3.78. The molecule has 0 bridgehead atoms. The van der Waals surface area contributed by atoms with E-state index in [4.69, 9.17) is 4.74 Å². The molecule has 3 aromatic rings. The van der Waals surface area contributed by atoms with E-state index in [1.165, 1.54) is 0 Å². The largest absolute Gasteiger partial charge is 0.370 e. The first-order valence-corrected chi connectivity index (χ1v) is 10.4. The van der Waals surface area contributed by atoms with E-state index >= 15 is 0 Å². The van der Waals surface area contributed by atoms with Gasteiger partial charge in [0.15, 0.2) is 0 Å². The van der Waals surface area contributed by atoms with Crippen molar-refractivity contribution in [3.05, 3.63) is 77.2 Å². The molecule has 1 fully saturated rings. The van der Waals surface area contributed by atoms with Crippen molar-refractivity contribution in [1.29, 1.82) is 0 Å². The van der Waals surface area contributed by atoms with Crippen LogP contribution in [-0.4, -0.2) is 41.5 Å². The molecule has 0 saturated carbocycles. The fraction of sp³-hybridized carbons (Fsp3) is 0.250. The lowest BCUT2D eigenvalue weighted by Crippen LogP contribution is -2.42. The standard InChI is InChI=1S/C24H25N5O3/c1-16-12-20(6-7-21(16)29-10-11-32-15-23(29)30)28-24(31)19-5-3-4-18(13-19)14-26-22-8-9-25-17(2)27-22/h3-9,12-13H,10-11,14-15H2,1-2H3,(H,28,31)(H,25,26,27). The Bertz CT molecular complexity index is 1150. The number of carbonyl (C=O) groups excluding carboxylic acids is 2. The van der Waals surface area contributed by atoms with Crippen LogP contribution in [0.5, 0.6) is 0 Å². The molecule has 32 heavy (non-hydrogen) atoms. The van der Waals surface area contributed by atoms with E-state index in [9.17, 15) is 9.59 Å². The van der Waals surface area contributed by atoms with Gasteiger partial charge in [0.05, 0.1) is 6.61 Å². The topological polar surface area (TPSA) is 96.5 Å². The predicted molar refractivity (Wildman–Crippen MR) is 123 cm³/mol. The molecule has 4 rings (SSSR count). The zero-order valence-electron chi connectivity index (χ0n) is 18.1. The average molecular weight is 431 g/mol. The maximum absolute atomic E-state index is 12.8. The Kier molecular flexibility index (Phi) is 6.42. The second-order valence-corrected chi connectivity index (χ2v) is 7.60. The van der Waals surface area contributed by atoms with Crippen molar-refractivity contribution in [2.45, 2.75) is 20.4 Å². The van der Waals surface area contributed by atoms with Crippen LogP contribution < -0.4 is 15.5 Å². The molecule has 1 aromatic heterocycles. The number of nitrogens with one attached hydrogen (secondary N) is 2. The van der Waals surface area contributed by atoms with Crippen molar-refractivity contribution in [3.63, 3.8) is 0 Å². The highest BCUT2D eigenvalue weighted by molar-refractivity contribution is 6.04. The molecule has 0 radical (unpaired) electrons. The third-order valence-corrected chi connectivity index (χ3v) is 5.17. The summed E-state index contributed by atoms with van der Waals surface area (Å²) in [5.74, 6) is 1.18. The van der Waals surface area contributed by atoms with Gasteiger partial charge in [-0.1, -0.05) is 12.1 Å². The highest BCUT2D eigenvalue weighted by Gasteiger charge is 2.21. The van der Waals surface area contributed by atoms with E-state index in [2.05, 4.69) is 20.6 Å². The molecular formula is C24H25N5O3. The maximum atomic E-state index is 12.8. The minimum Gasteiger partial charge on any atom is -0.370 e. The number of hydrogen-bond donors (Lipinski definition) is 2. The summed E-state index contributed by atoms with van der Waals surface area (Å²) in [5.41, 5.74) is 3.96. The first-order chi connectivity index (χ1) is 15.5. The number of rotatable bonds is 6. The van der Waals surface area contributed by atoms with Crippen molar-refractivity contribution in [2.75, 3.05) is 35.3 Å². The fourth-order valence-corrected chi connectivity index (χ4v) is 3.58. The van der Waals surface area contributed by atoms with Gasteiger partial charge < -0.3 is 20.3 Å². The summed E-state index contributed by atoms with van der Waals surface area (Å²) in [6.45, 7) is 5.45. The van der Waals surface area contributed by atoms with E-state index in [0.717, 1.165) is 22.6 Å². The number of aromatic nitrogens is 2. The van der Waals surface area contributed by atoms with Crippen LogP contribution in [0.2, 0.25) is 0 Å². The Morgan fingerprint density at radius 2 is 2.03 bits per heavy atom. The normalized spacial score (nSPS) is 13.7. The molecule has 0 spiro atoms. The number of hydrogen-bond acceptors (Lipinski definition) is 6. The summed E-state index contributed by atoms with van der Waals surface area (Å²) >= 11 is 0. The first kappa shape index (κ1) is 21.5. The summed E-state index contributed by atoms with van der Waals surface area (Å²) in [5, 5.41) is 6.18. The molecular weight excluding hydrogens is 406 g/mol. The molecule has 2 heterocycles. The number of nitrogens with zero attached hydrogens (tertiary/aromatic N) is 3. The van der Waals surface area contributed by atoms with Crippen LogP contribution in [0, 0.1) is 13.8 Å². The Morgan fingerprint density at radius 3 is 2.81 bits per heavy atom. The number of anilines is 3. The van der Waals surface area contributed by atoms with E-state index in [1.807, 2.05) is 50.2 Å². The zero-order valence-corrected chi connectivity index (χ0v) is 18.1. The summed E-state index contributed by atoms with van der Waals surface area (Å²) in [7, 11) is 0. The Morgan fingerprint density at radius 1 is 1.16 bits per heavy atom. The lowest BCUT2D eigenvalue weighted by Gasteiger charge is -2.28. The van der Waals surface area contributed by atoms with E-state index in [-0.39, 0.29) is 18.4 Å². The Balaban J connectivity index is 1.42. The molecule has 1 aliphatic heterocycles. The molecule has 1 saturated heterocycles. The van der Waals surface area contributed by atoms with Crippen LogP contribution in [0.15, 0.2) is 54.7 Å². The molecule has 2 aromatic carbocycles. The van der Waals surface area contributed by atoms with E-state index in [1.54, 1.807) is 23.2 Å². The van der Waals surface area contributed by atoms with Crippen LogP contribution in [0.1, 0.15) is 27.3 Å². The van der Waals surface area contributed by atoms with Gasteiger partial charge in [0.2, 0.25) is 0 Å². The maximum Gasteiger partial charge on any atom is 0.255 e. The lowest BCUT2D eigenvalue weighted by molar-refractivity contribution is -0.125. The second kappa shape index (κ2) is 9.57. The molecule has 1 aliphatic rings. The average Bonchev–Trinajstić information content (AvgIpc) is 2.79. The van der Waals surface area contributed by atoms with Crippen molar-refractivity contribution in [1.82, 2.24) is 9.97 Å². The monoisotopic (exact) mass is 431 g/mol. The van der Waals surface area contributed by atoms with Crippen molar-refractivity contribution >= 4 is 29.0 Å². The van der Waals surface area contributed by atoms with Crippen LogP contribution >= 0.6 is 0 Å². The summed E-state index contributed by atoms with van der Waals surface area (Å²) in [6, 6.07) is 14.8. The zero-order chi connectivity index (χ0) is 22.5. The van der Waals surface area contributed by atoms with Crippen molar-refractivity contribution in [2.24, 2.45) is 0 Å². The van der Waals surface area contributed by atoms with Crippen molar-refractivity contribution in [3.8, 4) is 0 Å². The SMILES string of the molecule is Cc1nccc(NCc2cccc(C(=O)Nc3ccc(N4CCOCC4=O)c(C)c3)c2)n1. The quantitative estimate of drug-likeness (QED) is 0.622. The second-order valence-electron chi connectivity index (χ2n) is 7.60. The molecule has 8 heteroatoms. The van der Waals surface area contributed by atoms with Gasteiger partial charge in [-0.2, -0.15) is 0 Å². The van der Waals surface area contributed by atoms with Gasteiger partial charge in [-0.15, -0.1) is 0 Å². The molecule has 164 valence electrons. The molecule has 0 unspecified atom stereocenters. The van der Waals surface area contributed by atoms with Gasteiger partial charge >= 0.3 is 0 Å². The van der Waals surface area contributed by atoms with Gasteiger partial charge in [0, 0.05) is 36.2 Å². The number of benzene rings is 2. The highest BCUT2D eigenvalue weighted by atomic mass is 16.5. The van der Waals surface area contributed by atoms with Gasteiger partial charge in [0.25, 0.3) is 11.8 Å². The van der Waals surface area contributed by atoms with Crippen molar-refractivity contribution < 1.29 is 14.3 Å². The summed E-state index contributed by atoms with van der Waals surface area (Å²) in [4.78, 5) is 35.0. The molecule has 8 nitrogen and oxygen atoms in total. The highest BCUT2D eigenvalue weighted by Crippen LogP contribution is 2.25. The number of ether oxygens (including phenoxy) is 1. The minimum absolute atomic E-state index is 0.0568. The van der Waals surface area contributed by atoms with Gasteiger partial charge in [-0.3, -0.25) is 9.59 Å². The van der Waals surface area contributed by atoms with E-state index < -0.39 is 0 Å². The number of morpholine rings is 1. The third-order valence-electron chi connectivity index (χ3n) is 5.17. The van der Waals surface area contributed by atoms with Gasteiger partial charge in [-0.25, -0.2) is 9.97 Å². The number of amides is 2. The minimum atomic E-state index is -0.195. The molecule has 0 aliphatic carbocycles. The van der Waals surface area contributed by atoms with E-state index in [0.29, 0.717) is 36.8 Å². The first-order valence-electron chi connectivity index (χ1n) is 10.4. The molecule has 2 N–H and O–H groups in total. The lowest BCUT2D eigenvalue weighted by atomic mass is 10.1. The van der Waals surface area contributed by atoms with Gasteiger partial charge in [-0.05, 0) is 61.4 Å². The summed E-state index contributed by atoms with van der Waals surface area (Å²) in [6.07, 6.45) is 1.71. The molecule has 0 atom stereocenters. The van der Waals surface area contributed by atoms with Crippen LogP contribution in [-0.2, 0) is 16.1 Å². The predicted octanol–water partition coefficient (Wildman–Crippen LogP) is 3.32. The van der Waals surface area contributed by atoms with Crippen LogP contribution in [0.3, 0.4) is 0 Å².